The summed E-state index contributed by atoms with van der Waals surface area (Å²) in [6.45, 7) is 5.91. The molecule has 1 heterocycles. The Hall–Kier alpha value is -0.350. The Morgan fingerprint density at radius 3 is 2.83 bits per heavy atom. The van der Waals surface area contributed by atoms with Crippen LogP contribution in [0.4, 0.5) is 0 Å². The van der Waals surface area contributed by atoms with Gasteiger partial charge in [0.25, 0.3) is 0 Å². The zero-order valence-corrected chi connectivity index (χ0v) is 13.2. The summed E-state index contributed by atoms with van der Waals surface area (Å²) in [6, 6.07) is 0. The quantitative estimate of drug-likeness (QED) is 0.844. The molecule has 0 saturated heterocycles. The molecule has 2 atom stereocenters. The fourth-order valence-electron chi connectivity index (χ4n) is 2.87. The first-order chi connectivity index (χ1) is 8.58. The number of aromatic nitrogens is 2. The molecule has 3 nitrogen and oxygen atoms in total. The van der Waals surface area contributed by atoms with Gasteiger partial charge in [0.15, 0.2) is 0 Å². The van der Waals surface area contributed by atoms with Gasteiger partial charge in [-0.15, -0.1) is 0 Å². The normalized spacial score (nSPS) is 24.4. The highest BCUT2D eigenvalue weighted by molar-refractivity contribution is 9.10. The summed E-state index contributed by atoms with van der Waals surface area (Å²) in [5, 5.41) is 4.38. The molecule has 0 bridgehead atoms. The third kappa shape index (κ3) is 3.35. The van der Waals surface area contributed by atoms with Crippen LogP contribution in [0.25, 0.3) is 0 Å². The van der Waals surface area contributed by atoms with Crippen molar-refractivity contribution in [2.24, 2.45) is 18.9 Å². The first-order valence-electron chi connectivity index (χ1n) is 6.83. The minimum Gasteiger partial charge on any atom is -0.375 e. The molecule has 102 valence electrons. The van der Waals surface area contributed by atoms with E-state index in [-0.39, 0.29) is 0 Å². The Labute approximate surface area is 118 Å². The van der Waals surface area contributed by atoms with Crippen LogP contribution in [0.15, 0.2) is 4.47 Å². The molecule has 2 unspecified atom stereocenters. The maximum atomic E-state index is 5.89. The smallest absolute Gasteiger partial charge is 0.0896 e. The Morgan fingerprint density at radius 1 is 1.44 bits per heavy atom. The molecule has 0 radical (unpaired) electrons. The van der Waals surface area contributed by atoms with Crippen LogP contribution in [0.5, 0.6) is 0 Å². The van der Waals surface area contributed by atoms with Gasteiger partial charge in [-0.2, -0.15) is 5.10 Å². The highest BCUT2D eigenvalue weighted by atomic mass is 79.9. The average molecular weight is 315 g/mol. The number of hydrogen-bond donors (Lipinski definition) is 0. The summed E-state index contributed by atoms with van der Waals surface area (Å²) in [5.74, 6) is 1.62. The van der Waals surface area contributed by atoms with E-state index in [2.05, 4.69) is 28.0 Å². The molecule has 0 amide bonds. The van der Waals surface area contributed by atoms with Crippen molar-refractivity contribution >= 4 is 15.9 Å². The van der Waals surface area contributed by atoms with Crippen molar-refractivity contribution in [3.63, 3.8) is 0 Å². The van der Waals surface area contributed by atoms with Gasteiger partial charge in [-0.05, 0) is 47.5 Å². The lowest BCUT2D eigenvalue weighted by molar-refractivity contribution is 0.0622. The van der Waals surface area contributed by atoms with Crippen LogP contribution in [0.1, 0.15) is 44.0 Å². The van der Waals surface area contributed by atoms with Gasteiger partial charge in [0.05, 0.1) is 22.5 Å². The summed E-state index contributed by atoms with van der Waals surface area (Å²) in [4.78, 5) is 0. The van der Waals surface area contributed by atoms with Crippen LogP contribution in [0, 0.1) is 18.8 Å². The molecule has 1 saturated carbocycles. The Morgan fingerprint density at radius 2 is 2.22 bits per heavy atom. The van der Waals surface area contributed by atoms with Crippen molar-refractivity contribution < 1.29 is 4.74 Å². The second-order valence-corrected chi connectivity index (χ2v) is 6.42. The number of hydrogen-bond acceptors (Lipinski definition) is 2. The number of halogens is 1. The van der Waals surface area contributed by atoms with E-state index in [9.17, 15) is 0 Å². The van der Waals surface area contributed by atoms with E-state index in [1.165, 1.54) is 25.7 Å². The maximum Gasteiger partial charge on any atom is 0.0896 e. The van der Waals surface area contributed by atoms with Crippen LogP contribution in [-0.2, 0) is 18.4 Å². The lowest BCUT2D eigenvalue weighted by atomic mass is 9.83. The molecule has 1 aromatic heterocycles. The average Bonchev–Trinajstić information content (AvgIpc) is 2.56. The van der Waals surface area contributed by atoms with Gasteiger partial charge in [-0.25, -0.2) is 0 Å². The fourth-order valence-corrected chi connectivity index (χ4v) is 3.32. The van der Waals surface area contributed by atoms with Crippen LogP contribution in [-0.4, -0.2) is 16.4 Å². The molecule has 18 heavy (non-hydrogen) atoms. The van der Waals surface area contributed by atoms with Crippen LogP contribution < -0.4 is 0 Å². The van der Waals surface area contributed by atoms with Gasteiger partial charge in [0, 0.05) is 13.7 Å². The first-order valence-corrected chi connectivity index (χ1v) is 7.63. The predicted octanol–water partition coefficient (Wildman–Crippen LogP) is 3.83. The van der Waals surface area contributed by atoms with E-state index >= 15 is 0 Å². The number of rotatable bonds is 4. The summed E-state index contributed by atoms with van der Waals surface area (Å²) < 4.78 is 8.88. The molecule has 0 aromatic carbocycles. The fraction of sp³-hybridized carbons (Fsp3) is 0.786. The van der Waals surface area contributed by atoms with Gasteiger partial charge < -0.3 is 4.74 Å². The van der Waals surface area contributed by atoms with E-state index in [4.69, 9.17) is 4.74 Å². The molecule has 1 aliphatic carbocycles. The van der Waals surface area contributed by atoms with Crippen LogP contribution in [0.2, 0.25) is 0 Å². The molecular weight excluding hydrogens is 292 g/mol. The van der Waals surface area contributed by atoms with Gasteiger partial charge in [0.2, 0.25) is 0 Å². The molecule has 1 fully saturated rings. The van der Waals surface area contributed by atoms with E-state index in [0.29, 0.717) is 6.61 Å². The van der Waals surface area contributed by atoms with Crippen molar-refractivity contribution in [1.29, 1.82) is 0 Å². The highest BCUT2D eigenvalue weighted by Gasteiger charge is 2.19. The van der Waals surface area contributed by atoms with Gasteiger partial charge >= 0.3 is 0 Å². The SMILES string of the molecule is Cc1nn(C)c(COCC2CCCC(C)C2)c1Br. The monoisotopic (exact) mass is 314 g/mol. The second kappa shape index (κ2) is 6.20. The molecule has 4 heteroatoms. The maximum absolute atomic E-state index is 5.89. The number of nitrogens with zero attached hydrogens (tertiary/aromatic N) is 2. The molecule has 1 aromatic rings. The largest absolute Gasteiger partial charge is 0.375 e. The molecule has 0 N–H and O–H groups in total. The topological polar surface area (TPSA) is 27.1 Å². The minimum atomic E-state index is 0.656. The summed E-state index contributed by atoms with van der Waals surface area (Å²) in [5.41, 5.74) is 2.17. The van der Waals surface area contributed by atoms with Crippen LogP contribution in [0.3, 0.4) is 0 Å². The number of aryl methyl sites for hydroxylation is 2. The zero-order chi connectivity index (χ0) is 13.1. The molecule has 1 aliphatic rings. The third-order valence-electron chi connectivity index (χ3n) is 3.90. The van der Waals surface area contributed by atoms with E-state index < -0.39 is 0 Å². The summed E-state index contributed by atoms with van der Waals surface area (Å²) in [6.07, 6.45) is 5.41. The minimum absolute atomic E-state index is 0.656. The van der Waals surface area contributed by atoms with Crippen LogP contribution >= 0.6 is 15.9 Å². The van der Waals surface area contributed by atoms with Gasteiger partial charge in [0.1, 0.15) is 0 Å². The van der Waals surface area contributed by atoms with E-state index in [1.807, 2.05) is 18.7 Å². The van der Waals surface area contributed by atoms with Crippen molar-refractivity contribution in [3.05, 3.63) is 15.9 Å². The van der Waals surface area contributed by atoms with Crippen molar-refractivity contribution in [2.45, 2.75) is 46.1 Å². The second-order valence-electron chi connectivity index (χ2n) is 5.62. The molecule has 2 rings (SSSR count). The predicted molar refractivity (Wildman–Crippen MR) is 76.4 cm³/mol. The molecule has 0 aliphatic heterocycles. The van der Waals surface area contributed by atoms with Crippen molar-refractivity contribution in [1.82, 2.24) is 9.78 Å². The Bertz CT molecular complexity index is 403. The lowest BCUT2D eigenvalue weighted by Gasteiger charge is -2.26. The highest BCUT2D eigenvalue weighted by Crippen LogP contribution is 2.29. The Balaban J connectivity index is 1.81. The lowest BCUT2D eigenvalue weighted by Crippen LogP contribution is -2.18. The third-order valence-corrected chi connectivity index (χ3v) is 4.93. The van der Waals surface area contributed by atoms with Crippen molar-refractivity contribution in [2.75, 3.05) is 6.61 Å². The van der Waals surface area contributed by atoms with E-state index in [0.717, 1.165) is 34.3 Å². The Kier molecular flexibility index (Phi) is 4.84. The standard InChI is InChI=1S/C14H23BrN2O/c1-10-5-4-6-12(7-10)8-18-9-13-14(15)11(2)16-17(13)3/h10,12H,4-9H2,1-3H3. The van der Waals surface area contributed by atoms with Gasteiger partial charge in [-0.3, -0.25) is 4.68 Å². The molecular formula is C14H23BrN2O. The summed E-state index contributed by atoms with van der Waals surface area (Å²) >= 11 is 3.57. The number of ether oxygens (including phenoxy) is 1. The zero-order valence-electron chi connectivity index (χ0n) is 11.6. The molecule has 0 spiro atoms. The van der Waals surface area contributed by atoms with E-state index in [1.54, 1.807) is 0 Å². The summed E-state index contributed by atoms with van der Waals surface area (Å²) in [7, 11) is 1.97. The van der Waals surface area contributed by atoms with Gasteiger partial charge in [-0.1, -0.05) is 19.8 Å². The first kappa shape index (κ1) is 14.1. The van der Waals surface area contributed by atoms with Crippen molar-refractivity contribution in [3.8, 4) is 0 Å².